The molecule has 0 spiro atoms. The number of rotatable bonds is 1. The number of aromatic nitrogens is 1. The number of fused-ring (bicyclic) bond motifs is 1. The van der Waals surface area contributed by atoms with Crippen LogP contribution in [-0.4, -0.2) is 4.98 Å². The minimum Gasteiger partial charge on any atom is -0.389 e. The highest BCUT2D eigenvalue weighted by atomic mass is 32.1. The van der Waals surface area contributed by atoms with Gasteiger partial charge in [0, 0.05) is 5.56 Å². The molecule has 3 heteroatoms. The zero-order valence-electron chi connectivity index (χ0n) is 8.55. The molecule has 0 atom stereocenters. The van der Waals surface area contributed by atoms with Crippen LogP contribution >= 0.6 is 11.3 Å². The molecule has 0 saturated carbocycles. The first-order valence-electron chi connectivity index (χ1n) is 5.03. The van der Waals surface area contributed by atoms with Crippen molar-refractivity contribution in [2.75, 3.05) is 5.73 Å². The number of benzene rings is 2. The number of nitrogens with two attached hydrogens (primary N) is 1. The fraction of sp³-hybridized carbons (Fsp3) is 0. The summed E-state index contributed by atoms with van der Waals surface area (Å²) >= 11 is 1.47. The van der Waals surface area contributed by atoms with Crippen molar-refractivity contribution in [3.8, 4) is 11.3 Å². The van der Waals surface area contributed by atoms with Crippen molar-refractivity contribution in [1.82, 2.24) is 4.98 Å². The highest BCUT2D eigenvalue weighted by Crippen LogP contribution is 2.29. The Morgan fingerprint density at radius 3 is 2.56 bits per heavy atom. The summed E-state index contributed by atoms with van der Waals surface area (Å²) in [4.78, 5) is 4.29. The van der Waals surface area contributed by atoms with Gasteiger partial charge in [0.25, 0.3) is 0 Å². The Hall–Kier alpha value is -1.87. The molecule has 16 heavy (non-hydrogen) atoms. The average molecular weight is 226 g/mol. The van der Waals surface area contributed by atoms with Crippen LogP contribution < -0.4 is 5.73 Å². The zero-order valence-corrected chi connectivity index (χ0v) is 9.37. The van der Waals surface area contributed by atoms with Gasteiger partial charge in [0.05, 0.1) is 5.51 Å². The molecule has 2 N–H and O–H groups in total. The van der Waals surface area contributed by atoms with Gasteiger partial charge in [-0.2, -0.15) is 0 Å². The standard InChI is InChI=1S/C13H10N2S/c14-13-12(15-8-16-13)11-6-5-9-3-1-2-4-10(9)7-11/h1-8H,14H2. The molecule has 0 amide bonds. The molecular formula is C13H10N2S. The predicted octanol–water partition coefficient (Wildman–Crippen LogP) is 3.55. The summed E-state index contributed by atoms with van der Waals surface area (Å²) in [7, 11) is 0. The van der Waals surface area contributed by atoms with Gasteiger partial charge in [0.15, 0.2) is 0 Å². The lowest BCUT2D eigenvalue weighted by Crippen LogP contribution is -1.85. The quantitative estimate of drug-likeness (QED) is 0.689. The van der Waals surface area contributed by atoms with Gasteiger partial charge in [-0.05, 0) is 16.8 Å². The van der Waals surface area contributed by atoms with E-state index in [-0.39, 0.29) is 0 Å². The summed E-state index contributed by atoms with van der Waals surface area (Å²) in [6, 6.07) is 14.6. The van der Waals surface area contributed by atoms with Crippen molar-refractivity contribution in [2.45, 2.75) is 0 Å². The maximum absolute atomic E-state index is 5.87. The summed E-state index contributed by atoms with van der Waals surface area (Å²) in [6.07, 6.45) is 0. The van der Waals surface area contributed by atoms with Crippen molar-refractivity contribution < 1.29 is 0 Å². The van der Waals surface area contributed by atoms with Gasteiger partial charge in [0.2, 0.25) is 0 Å². The van der Waals surface area contributed by atoms with E-state index in [1.54, 1.807) is 5.51 Å². The molecule has 78 valence electrons. The third-order valence-electron chi connectivity index (χ3n) is 2.62. The number of thiazole rings is 1. The van der Waals surface area contributed by atoms with E-state index in [0.29, 0.717) is 0 Å². The Morgan fingerprint density at radius 2 is 1.81 bits per heavy atom. The molecule has 0 aliphatic rings. The molecule has 2 nitrogen and oxygen atoms in total. The highest BCUT2D eigenvalue weighted by molar-refractivity contribution is 7.14. The molecule has 0 fully saturated rings. The van der Waals surface area contributed by atoms with Crippen molar-refractivity contribution in [1.29, 1.82) is 0 Å². The molecule has 1 aromatic heterocycles. The number of hydrogen-bond donors (Lipinski definition) is 1. The van der Waals surface area contributed by atoms with Crippen molar-refractivity contribution >= 4 is 27.1 Å². The van der Waals surface area contributed by atoms with Gasteiger partial charge < -0.3 is 5.73 Å². The summed E-state index contributed by atoms with van der Waals surface area (Å²) in [5, 5.41) is 3.22. The Kier molecular flexibility index (Phi) is 2.11. The second kappa shape index (κ2) is 3.61. The van der Waals surface area contributed by atoms with Gasteiger partial charge in [-0.25, -0.2) is 4.98 Å². The zero-order chi connectivity index (χ0) is 11.0. The predicted molar refractivity (Wildman–Crippen MR) is 69.5 cm³/mol. The van der Waals surface area contributed by atoms with E-state index >= 15 is 0 Å². The molecule has 0 unspecified atom stereocenters. The number of anilines is 1. The van der Waals surface area contributed by atoms with E-state index < -0.39 is 0 Å². The van der Waals surface area contributed by atoms with Gasteiger partial charge >= 0.3 is 0 Å². The van der Waals surface area contributed by atoms with Gasteiger partial charge in [-0.15, -0.1) is 11.3 Å². The molecule has 0 bridgehead atoms. The van der Waals surface area contributed by atoms with Crippen LogP contribution in [0.5, 0.6) is 0 Å². The molecule has 0 radical (unpaired) electrons. The van der Waals surface area contributed by atoms with E-state index in [1.165, 1.54) is 22.1 Å². The second-order valence-electron chi connectivity index (χ2n) is 3.63. The Morgan fingerprint density at radius 1 is 1.00 bits per heavy atom. The van der Waals surface area contributed by atoms with Crippen molar-refractivity contribution in [3.05, 3.63) is 48.0 Å². The third kappa shape index (κ3) is 1.46. The lowest BCUT2D eigenvalue weighted by atomic mass is 10.1. The molecular weight excluding hydrogens is 216 g/mol. The summed E-state index contributed by atoms with van der Waals surface area (Å²) in [5.41, 5.74) is 9.62. The van der Waals surface area contributed by atoms with Crippen LogP contribution in [0.4, 0.5) is 5.00 Å². The highest BCUT2D eigenvalue weighted by Gasteiger charge is 2.05. The molecule has 0 aliphatic heterocycles. The monoisotopic (exact) mass is 226 g/mol. The molecule has 0 aliphatic carbocycles. The van der Waals surface area contributed by atoms with Crippen LogP contribution in [0.2, 0.25) is 0 Å². The largest absolute Gasteiger partial charge is 0.389 e. The van der Waals surface area contributed by atoms with E-state index in [1.807, 2.05) is 12.1 Å². The molecule has 1 heterocycles. The number of hydrogen-bond acceptors (Lipinski definition) is 3. The topological polar surface area (TPSA) is 38.9 Å². The maximum Gasteiger partial charge on any atom is 0.114 e. The minimum atomic E-state index is 0.773. The lowest BCUT2D eigenvalue weighted by molar-refractivity contribution is 1.42. The number of nitrogens with zero attached hydrogens (tertiary/aromatic N) is 1. The van der Waals surface area contributed by atoms with Crippen LogP contribution in [0.15, 0.2) is 48.0 Å². The van der Waals surface area contributed by atoms with Crippen LogP contribution in [-0.2, 0) is 0 Å². The summed E-state index contributed by atoms with van der Waals surface area (Å²) in [6.45, 7) is 0. The Bertz CT molecular complexity index is 643. The van der Waals surface area contributed by atoms with Crippen molar-refractivity contribution in [2.24, 2.45) is 0 Å². The molecule has 2 aromatic carbocycles. The maximum atomic E-state index is 5.87. The summed E-state index contributed by atoms with van der Waals surface area (Å²) in [5.74, 6) is 0. The second-order valence-corrected chi connectivity index (χ2v) is 4.51. The lowest BCUT2D eigenvalue weighted by Gasteiger charge is -2.01. The van der Waals surface area contributed by atoms with Crippen LogP contribution in [0.25, 0.3) is 22.0 Å². The first kappa shape index (κ1) is 9.36. The first-order chi connectivity index (χ1) is 7.84. The first-order valence-corrected chi connectivity index (χ1v) is 5.91. The van der Waals surface area contributed by atoms with E-state index in [0.717, 1.165) is 16.3 Å². The van der Waals surface area contributed by atoms with Gasteiger partial charge in [-0.1, -0.05) is 36.4 Å². The normalized spacial score (nSPS) is 10.8. The minimum absolute atomic E-state index is 0.773. The molecule has 0 saturated heterocycles. The van der Waals surface area contributed by atoms with Crippen LogP contribution in [0.3, 0.4) is 0 Å². The van der Waals surface area contributed by atoms with Gasteiger partial charge in [-0.3, -0.25) is 0 Å². The smallest absolute Gasteiger partial charge is 0.114 e. The van der Waals surface area contributed by atoms with Crippen molar-refractivity contribution in [3.63, 3.8) is 0 Å². The third-order valence-corrected chi connectivity index (χ3v) is 3.28. The van der Waals surface area contributed by atoms with Crippen LogP contribution in [0.1, 0.15) is 0 Å². The summed E-state index contributed by atoms with van der Waals surface area (Å²) < 4.78 is 0. The van der Waals surface area contributed by atoms with Gasteiger partial charge in [0.1, 0.15) is 10.7 Å². The van der Waals surface area contributed by atoms with E-state index in [9.17, 15) is 0 Å². The van der Waals surface area contributed by atoms with Crippen LogP contribution in [0, 0.1) is 0 Å². The SMILES string of the molecule is Nc1scnc1-c1ccc2ccccc2c1. The van der Waals surface area contributed by atoms with E-state index in [4.69, 9.17) is 5.73 Å². The fourth-order valence-electron chi connectivity index (χ4n) is 1.81. The fourth-order valence-corrected chi connectivity index (χ4v) is 2.36. The molecule has 3 aromatic rings. The molecule has 3 rings (SSSR count). The Balaban J connectivity index is 2.23. The van der Waals surface area contributed by atoms with E-state index in [2.05, 4.69) is 35.3 Å². The number of nitrogen functional groups attached to an aromatic ring is 1. The Labute approximate surface area is 97.4 Å². The average Bonchev–Trinajstić information content (AvgIpc) is 2.75.